The van der Waals surface area contributed by atoms with Crippen molar-refractivity contribution in [2.45, 2.75) is 57.4 Å². The average Bonchev–Trinajstić information content (AvgIpc) is 2.42. The maximum atomic E-state index is 12.2. The van der Waals surface area contributed by atoms with Crippen LogP contribution in [-0.4, -0.2) is 53.0 Å². The predicted octanol–water partition coefficient (Wildman–Crippen LogP) is 0.918. The molecule has 2 aliphatic rings. The van der Waals surface area contributed by atoms with E-state index in [1.807, 2.05) is 0 Å². The molecule has 1 aliphatic heterocycles. The molecule has 4 atom stereocenters. The molecule has 1 amide bonds. The number of hydrogen-bond acceptors (Lipinski definition) is 5. The van der Waals surface area contributed by atoms with Gasteiger partial charge in [-0.05, 0) is 33.6 Å². The molecule has 1 saturated carbocycles. The number of rotatable bonds is 1. The summed E-state index contributed by atoms with van der Waals surface area (Å²) in [6.07, 6.45) is 0.181. The summed E-state index contributed by atoms with van der Waals surface area (Å²) in [5.74, 6) is -0.635. The van der Waals surface area contributed by atoms with E-state index in [1.165, 1.54) is 12.0 Å². The van der Waals surface area contributed by atoms with Gasteiger partial charge in [-0.2, -0.15) is 0 Å². The zero-order valence-electron chi connectivity index (χ0n) is 11.8. The minimum absolute atomic E-state index is 0.0448. The third-order valence-electron chi connectivity index (χ3n) is 3.76. The number of carbonyl (C=O) groups excluding carboxylic acids is 2. The van der Waals surface area contributed by atoms with E-state index in [1.54, 1.807) is 20.8 Å². The fourth-order valence-corrected chi connectivity index (χ4v) is 2.79. The number of fused-ring (bicyclic) bond motifs is 1. The first kappa shape index (κ1) is 14.1. The van der Waals surface area contributed by atoms with Crippen molar-refractivity contribution in [3.8, 4) is 0 Å². The van der Waals surface area contributed by atoms with Crippen molar-refractivity contribution in [1.82, 2.24) is 4.90 Å². The largest absolute Gasteiger partial charge is 0.467 e. The molecule has 0 radical (unpaired) electrons. The van der Waals surface area contributed by atoms with Crippen molar-refractivity contribution in [3.63, 3.8) is 0 Å². The fourth-order valence-electron chi connectivity index (χ4n) is 2.79. The number of aliphatic hydroxyl groups is 1. The Morgan fingerprint density at radius 1 is 1.26 bits per heavy atom. The Morgan fingerprint density at radius 3 is 2.32 bits per heavy atom. The zero-order chi connectivity index (χ0) is 14.4. The van der Waals surface area contributed by atoms with Crippen LogP contribution in [0.1, 0.15) is 33.6 Å². The van der Waals surface area contributed by atoms with Crippen molar-refractivity contribution < 1.29 is 24.2 Å². The van der Waals surface area contributed by atoms with Crippen LogP contribution < -0.4 is 0 Å². The monoisotopic (exact) mass is 271 g/mol. The topological polar surface area (TPSA) is 76.1 Å². The summed E-state index contributed by atoms with van der Waals surface area (Å²) in [4.78, 5) is 25.4. The van der Waals surface area contributed by atoms with Crippen LogP contribution >= 0.6 is 0 Å². The number of amides is 1. The van der Waals surface area contributed by atoms with Crippen LogP contribution in [0.2, 0.25) is 0 Å². The molecule has 19 heavy (non-hydrogen) atoms. The van der Waals surface area contributed by atoms with Crippen LogP contribution in [0.25, 0.3) is 0 Å². The van der Waals surface area contributed by atoms with E-state index < -0.39 is 29.8 Å². The lowest BCUT2D eigenvalue weighted by Gasteiger charge is -2.37. The first-order valence-electron chi connectivity index (χ1n) is 6.53. The molecule has 0 unspecified atom stereocenters. The van der Waals surface area contributed by atoms with E-state index >= 15 is 0 Å². The molecule has 0 bridgehead atoms. The van der Waals surface area contributed by atoms with E-state index in [0.717, 1.165) is 12.8 Å². The van der Waals surface area contributed by atoms with E-state index in [-0.39, 0.29) is 12.0 Å². The van der Waals surface area contributed by atoms with Crippen LogP contribution in [0, 0.1) is 5.92 Å². The number of aliphatic hydroxyl groups excluding tert-OH is 1. The summed E-state index contributed by atoms with van der Waals surface area (Å²) in [7, 11) is 1.25. The molecule has 1 N–H and O–H groups in total. The molecule has 0 aromatic carbocycles. The van der Waals surface area contributed by atoms with Crippen LogP contribution in [0.3, 0.4) is 0 Å². The van der Waals surface area contributed by atoms with E-state index in [4.69, 9.17) is 9.47 Å². The van der Waals surface area contributed by atoms with Gasteiger partial charge in [0.25, 0.3) is 0 Å². The summed E-state index contributed by atoms with van der Waals surface area (Å²) < 4.78 is 10.0. The highest BCUT2D eigenvalue weighted by Gasteiger charge is 2.58. The van der Waals surface area contributed by atoms with Gasteiger partial charge in [0.05, 0.1) is 13.2 Å². The Bertz CT molecular complexity index is 389. The SMILES string of the molecule is COC(=O)[C@H]1[C@@H](O)[C@H]2CC[C@H]2N1C(=O)OC(C)(C)C. The van der Waals surface area contributed by atoms with E-state index in [0.29, 0.717) is 0 Å². The predicted molar refractivity (Wildman–Crippen MR) is 66.4 cm³/mol. The number of hydrogen-bond donors (Lipinski definition) is 1. The molecule has 6 heteroatoms. The van der Waals surface area contributed by atoms with Crippen molar-refractivity contribution in [1.29, 1.82) is 0 Å². The number of carbonyl (C=O) groups is 2. The van der Waals surface area contributed by atoms with Crippen LogP contribution in [0.5, 0.6) is 0 Å². The maximum absolute atomic E-state index is 12.2. The number of nitrogens with zero attached hydrogens (tertiary/aromatic N) is 1. The third-order valence-corrected chi connectivity index (χ3v) is 3.76. The third kappa shape index (κ3) is 2.41. The van der Waals surface area contributed by atoms with Crippen molar-refractivity contribution >= 4 is 12.1 Å². The molecule has 1 saturated heterocycles. The van der Waals surface area contributed by atoms with Crippen LogP contribution in [0.15, 0.2) is 0 Å². The van der Waals surface area contributed by atoms with Crippen molar-refractivity contribution in [2.75, 3.05) is 7.11 Å². The lowest BCUT2D eigenvalue weighted by Crippen LogP contribution is -2.50. The van der Waals surface area contributed by atoms with Crippen molar-refractivity contribution in [3.05, 3.63) is 0 Å². The van der Waals surface area contributed by atoms with Gasteiger partial charge in [-0.1, -0.05) is 0 Å². The maximum Gasteiger partial charge on any atom is 0.411 e. The van der Waals surface area contributed by atoms with Crippen molar-refractivity contribution in [2.24, 2.45) is 5.92 Å². The van der Waals surface area contributed by atoms with Gasteiger partial charge in [-0.3, -0.25) is 4.90 Å². The molecule has 1 aliphatic carbocycles. The van der Waals surface area contributed by atoms with Gasteiger partial charge in [-0.15, -0.1) is 0 Å². The highest BCUT2D eigenvalue weighted by molar-refractivity contribution is 5.83. The number of methoxy groups -OCH3 is 1. The molecule has 6 nitrogen and oxygen atoms in total. The molecular formula is C13H21NO5. The Hall–Kier alpha value is -1.30. The van der Waals surface area contributed by atoms with Gasteiger partial charge in [0.2, 0.25) is 0 Å². The Morgan fingerprint density at radius 2 is 1.89 bits per heavy atom. The lowest BCUT2D eigenvalue weighted by molar-refractivity contribution is -0.148. The summed E-state index contributed by atoms with van der Waals surface area (Å²) >= 11 is 0. The summed E-state index contributed by atoms with van der Waals surface area (Å²) in [6.45, 7) is 5.30. The molecular weight excluding hydrogens is 250 g/mol. The van der Waals surface area contributed by atoms with Gasteiger partial charge in [0.1, 0.15) is 5.60 Å². The molecule has 1 heterocycles. The first-order chi connectivity index (χ1) is 8.76. The fraction of sp³-hybridized carbons (Fsp3) is 0.846. The second-order valence-corrected chi connectivity index (χ2v) is 6.15. The smallest absolute Gasteiger partial charge is 0.411 e. The second-order valence-electron chi connectivity index (χ2n) is 6.15. The second kappa shape index (κ2) is 4.67. The summed E-state index contributed by atoms with van der Waals surface area (Å²) in [5.41, 5.74) is -0.634. The normalized spacial score (nSPS) is 33.4. The van der Waals surface area contributed by atoms with Crippen LogP contribution in [-0.2, 0) is 14.3 Å². The van der Waals surface area contributed by atoms with E-state index in [9.17, 15) is 14.7 Å². The highest BCUT2D eigenvalue weighted by atomic mass is 16.6. The first-order valence-corrected chi connectivity index (χ1v) is 6.53. The Balaban J connectivity index is 2.20. The van der Waals surface area contributed by atoms with Gasteiger partial charge in [-0.25, -0.2) is 9.59 Å². The Kier molecular flexibility index (Phi) is 3.47. The van der Waals surface area contributed by atoms with Gasteiger partial charge in [0, 0.05) is 12.0 Å². The quantitative estimate of drug-likeness (QED) is 0.718. The van der Waals surface area contributed by atoms with Crippen LogP contribution in [0.4, 0.5) is 4.79 Å². The zero-order valence-corrected chi connectivity index (χ0v) is 11.8. The molecule has 0 spiro atoms. The summed E-state index contributed by atoms with van der Waals surface area (Å²) in [5, 5.41) is 10.1. The molecule has 2 rings (SSSR count). The van der Waals surface area contributed by atoms with E-state index in [2.05, 4.69) is 0 Å². The highest BCUT2D eigenvalue weighted by Crippen LogP contribution is 2.44. The average molecular weight is 271 g/mol. The standard InChI is InChI=1S/C13H21NO5/c1-13(2,3)19-12(17)14-8-6-5-7(8)10(15)9(14)11(16)18-4/h7-10,15H,5-6H2,1-4H3/t7-,8+,9+,10-/m0/s1. The van der Waals surface area contributed by atoms with Gasteiger partial charge >= 0.3 is 12.1 Å². The number of ether oxygens (including phenoxy) is 2. The molecule has 2 fully saturated rings. The number of esters is 1. The number of likely N-dealkylation sites (tertiary alicyclic amines) is 1. The molecule has 0 aromatic rings. The van der Waals surface area contributed by atoms with Gasteiger partial charge < -0.3 is 14.6 Å². The minimum atomic E-state index is -0.947. The molecule has 108 valence electrons. The lowest BCUT2D eigenvalue weighted by atomic mass is 9.78. The summed E-state index contributed by atoms with van der Waals surface area (Å²) in [6, 6.07) is -1.06. The van der Waals surface area contributed by atoms with Gasteiger partial charge in [0.15, 0.2) is 6.04 Å². The Labute approximate surface area is 112 Å². The molecule has 0 aromatic heterocycles. The minimum Gasteiger partial charge on any atom is -0.467 e.